The van der Waals surface area contributed by atoms with E-state index in [1.165, 1.54) is 0 Å². The number of hydrogen-bond acceptors (Lipinski definition) is 4. The maximum absolute atomic E-state index is 8.78. The molecule has 0 amide bonds. The number of nitriles is 1. The number of benzene rings is 1. The number of rotatable bonds is 5. The molecule has 3 rings (SSSR count). The highest BCUT2D eigenvalue weighted by atomic mass is 127. The molecule has 0 aliphatic heterocycles. The fourth-order valence-corrected chi connectivity index (χ4v) is 2.85. The molecule has 2 aromatic heterocycles. The lowest BCUT2D eigenvalue weighted by molar-refractivity contribution is 0.302. The van der Waals surface area contributed by atoms with Gasteiger partial charge in [-0.05, 0) is 51.9 Å². The van der Waals surface area contributed by atoms with Crippen LogP contribution in [0.4, 0.5) is 0 Å². The molecule has 0 aliphatic carbocycles. The summed E-state index contributed by atoms with van der Waals surface area (Å²) in [6.07, 6.45) is 2.39. The van der Waals surface area contributed by atoms with Crippen molar-refractivity contribution in [1.29, 1.82) is 5.26 Å². The zero-order valence-corrected chi connectivity index (χ0v) is 15.0. The number of hydrogen-bond donors (Lipinski definition) is 0. The lowest BCUT2D eigenvalue weighted by atomic mass is 10.1. The second kappa shape index (κ2) is 7.88. The standard InChI is InChI=1S/C19H14IN3O/c20-19-18(24-13-14-4-2-1-3-5-14)9-8-16(23-19)10-15-6-7-17(11-21)22-12-15/h1-9,12H,10,13H2. The third kappa shape index (κ3) is 4.30. The molecule has 3 aromatic rings. The Hall–Kier alpha value is -2.46. The van der Waals surface area contributed by atoms with Gasteiger partial charge in [0.15, 0.2) is 5.75 Å². The van der Waals surface area contributed by atoms with Gasteiger partial charge < -0.3 is 4.74 Å². The van der Waals surface area contributed by atoms with Gasteiger partial charge in [0.1, 0.15) is 22.1 Å². The van der Waals surface area contributed by atoms with E-state index in [0.717, 1.165) is 26.3 Å². The quantitative estimate of drug-likeness (QED) is 0.454. The monoisotopic (exact) mass is 427 g/mol. The maximum Gasteiger partial charge on any atom is 0.151 e. The van der Waals surface area contributed by atoms with Crippen LogP contribution in [0.15, 0.2) is 60.8 Å². The Morgan fingerprint density at radius 1 is 1.00 bits per heavy atom. The number of nitrogens with zero attached hydrogens (tertiary/aromatic N) is 3. The van der Waals surface area contributed by atoms with E-state index < -0.39 is 0 Å². The summed E-state index contributed by atoms with van der Waals surface area (Å²) in [5.74, 6) is 0.779. The van der Waals surface area contributed by atoms with E-state index in [9.17, 15) is 0 Å². The van der Waals surface area contributed by atoms with Gasteiger partial charge in [0.25, 0.3) is 0 Å². The van der Waals surface area contributed by atoms with Crippen LogP contribution in [0.1, 0.15) is 22.5 Å². The average Bonchev–Trinajstić information content (AvgIpc) is 2.62. The third-order valence-electron chi connectivity index (χ3n) is 3.43. The Bertz CT molecular complexity index is 858. The first kappa shape index (κ1) is 16.4. The first-order chi connectivity index (χ1) is 11.7. The van der Waals surface area contributed by atoms with Gasteiger partial charge in [-0.15, -0.1) is 0 Å². The minimum absolute atomic E-state index is 0.422. The minimum Gasteiger partial charge on any atom is -0.486 e. The number of aromatic nitrogens is 2. The summed E-state index contributed by atoms with van der Waals surface area (Å²) in [6.45, 7) is 0.525. The summed E-state index contributed by atoms with van der Waals surface area (Å²) < 4.78 is 6.68. The van der Waals surface area contributed by atoms with Crippen molar-refractivity contribution in [2.45, 2.75) is 13.0 Å². The highest BCUT2D eigenvalue weighted by Crippen LogP contribution is 2.21. The molecule has 0 aliphatic rings. The molecule has 0 radical (unpaired) electrons. The highest BCUT2D eigenvalue weighted by molar-refractivity contribution is 14.1. The predicted molar refractivity (Wildman–Crippen MR) is 99.5 cm³/mol. The summed E-state index contributed by atoms with van der Waals surface area (Å²) in [5.41, 5.74) is 3.51. The summed E-state index contributed by atoms with van der Waals surface area (Å²) in [5, 5.41) is 8.78. The van der Waals surface area contributed by atoms with Crippen LogP contribution in [0.25, 0.3) is 0 Å². The molecule has 118 valence electrons. The summed E-state index contributed by atoms with van der Waals surface area (Å²) >= 11 is 2.19. The summed E-state index contributed by atoms with van der Waals surface area (Å²) in [6, 6.07) is 19.6. The van der Waals surface area contributed by atoms with Gasteiger partial charge in [0.2, 0.25) is 0 Å². The van der Waals surface area contributed by atoms with Crippen molar-refractivity contribution in [3.63, 3.8) is 0 Å². The van der Waals surface area contributed by atoms with E-state index in [2.05, 4.69) is 32.6 Å². The molecule has 24 heavy (non-hydrogen) atoms. The van der Waals surface area contributed by atoms with Gasteiger partial charge in [-0.3, -0.25) is 0 Å². The molecule has 0 saturated heterocycles. The van der Waals surface area contributed by atoms with Crippen LogP contribution in [0.2, 0.25) is 0 Å². The normalized spacial score (nSPS) is 10.2. The molecule has 0 atom stereocenters. The first-order valence-electron chi connectivity index (χ1n) is 7.42. The van der Waals surface area contributed by atoms with Crippen molar-refractivity contribution in [3.05, 3.63) is 87.0 Å². The van der Waals surface area contributed by atoms with Crippen LogP contribution >= 0.6 is 22.6 Å². The summed E-state index contributed by atoms with van der Waals surface area (Å²) in [4.78, 5) is 8.67. The van der Waals surface area contributed by atoms with Crippen LogP contribution < -0.4 is 4.74 Å². The fourth-order valence-electron chi connectivity index (χ4n) is 2.20. The minimum atomic E-state index is 0.422. The number of pyridine rings is 2. The Balaban J connectivity index is 1.66. The Morgan fingerprint density at radius 2 is 1.83 bits per heavy atom. The predicted octanol–water partition coefficient (Wildman–Crippen LogP) is 4.12. The second-order valence-corrected chi connectivity index (χ2v) is 6.23. The molecule has 0 fully saturated rings. The SMILES string of the molecule is N#Cc1ccc(Cc2ccc(OCc3ccccc3)c(I)n2)cn1. The lowest BCUT2D eigenvalue weighted by Crippen LogP contribution is -2.01. The molecule has 0 spiro atoms. The largest absolute Gasteiger partial charge is 0.486 e. The van der Waals surface area contributed by atoms with Gasteiger partial charge in [0.05, 0.1) is 0 Å². The van der Waals surface area contributed by atoms with E-state index in [1.807, 2.05) is 54.6 Å². The lowest BCUT2D eigenvalue weighted by Gasteiger charge is -2.09. The van der Waals surface area contributed by atoms with Crippen molar-refractivity contribution >= 4 is 22.6 Å². The van der Waals surface area contributed by atoms with Gasteiger partial charge in [-0.25, -0.2) is 9.97 Å². The molecule has 0 bridgehead atoms. The van der Waals surface area contributed by atoms with E-state index in [-0.39, 0.29) is 0 Å². The second-order valence-electron chi connectivity index (χ2n) is 5.21. The van der Waals surface area contributed by atoms with E-state index in [0.29, 0.717) is 18.7 Å². The third-order valence-corrected chi connectivity index (χ3v) is 4.21. The topological polar surface area (TPSA) is 58.8 Å². The van der Waals surface area contributed by atoms with Crippen molar-refractivity contribution < 1.29 is 4.74 Å². The van der Waals surface area contributed by atoms with Gasteiger partial charge in [-0.2, -0.15) is 5.26 Å². The molecular weight excluding hydrogens is 413 g/mol. The highest BCUT2D eigenvalue weighted by Gasteiger charge is 2.06. The van der Waals surface area contributed by atoms with Gasteiger partial charge in [-0.1, -0.05) is 36.4 Å². The van der Waals surface area contributed by atoms with Crippen LogP contribution in [-0.4, -0.2) is 9.97 Å². The molecule has 4 nitrogen and oxygen atoms in total. The first-order valence-corrected chi connectivity index (χ1v) is 8.49. The van der Waals surface area contributed by atoms with Crippen LogP contribution in [0.5, 0.6) is 5.75 Å². The molecule has 5 heteroatoms. The zero-order chi connectivity index (χ0) is 16.8. The maximum atomic E-state index is 8.78. The van der Waals surface area contributed by atoms with Crippen molar-refractivity contribution in [1.82, 2.24) is 9.97 Å². The summed E-state index contributed by atoms with van der Waals surface area (Å²) in [7, 11) is 0. The molecule has 1 aromatic carbocycles. The Labute approximate surface area is 154 Å². The van der Waals surface area contributed by atoms with Crippen molar-refractivity contribution in [2.24, 2.45) is 0 Å². The Morgan fingerprint density at radius 3 is 2.50 bits per heavy atom. The average molecular weight is 427 g/mol. The van der Waals surface area contributed by atoms with E-state index in [4.69, 9.17) is 10.00 Å². The van der Waals surface area contributed by atoms with Crippen molar-refractivity contribution in [2.75, 3.05) is 0 Å². The molecule has 0 N–H and O–H groups in total. The number of ether oxygens (including phenoxy) is 1. The smallest absolute Gasteiger partial charge is 0.151 e. The van der Waals surface area contributed by atoms with E-state index in [1.54, 1.807) is 12.3 Å². The molecule has 0 saturated carbocycles. The van der Waals surface area contributed by atoms with Crippen LogP contribution in [0, 0.1) is 15.0 Å². The number of halogens is 1. The molecule has 0 unspecified atom stereocenters. The van der Waals surface area contributed by atoms with Crippen molar-refractivity contribution in [3.8, 4) is 11.8 Å². The molecular formula is C19H14IN3O. The van der Waals surface area contributed by atoms with Crippen LogP contribution in [0.3, 0.4) is 0 Å². The molecule has 2 heterocycles. The van der Waals surface area contributed by atoms with E-state index >= 15 is 0 Å². The fraction of sp³-hybridized carbons (Fsp3) is 0.105. The zero-order valence-electron chi connectivity index (χ0n) is 12.8. The Kier molecular flexibility index (Phi) is 5.39. The van der Waals surface area contributed by atoms with Gasteiger partial charge in [0, 0.05) is 18.3 Å². The van der Waals surface area contributed by atoms with Gasteiger partial charge >= 0.3 is 0 Å². The van der Waals surface area contributed by atoms with Crippen LogP contribution in [-0.2, 0) is 13.0 Å².